The number of thioether (sulfide) groups is 1. The Kier molecular flexibility index (Phi) is 7.16. The van der Waals surface area contributed by atoms with Gasteiger partial charge in [0.05, 0.1) is 11.9 Å². The zero-order valence-corrected chi connectivity index (χ0v) is 16.7. The number of hydrogen-bond donors (Lipinski definition) is 2. The molecule has 0 atom stereocenters. The predicted octanol–water partition coefficient (Wildman–Crippen LogP) is 4.02. The second-order valence-corrected chi connectivity index (χ2v) is 8.04. The minimum Gasteiger partial charge on any atom is -0.357 e. The average molecular weight is 394 g/mol. The van der Waals surface area contributed by atoms with Gasteiger partial charge in [0.15, 0.2) is 10.3 Å². The Hall–Kier alpha value is -1.70. The van der Waals surface area contributed by atoms with Gasteiger partial charge < -0.3 is 5.32 Å². The monoisotopic (exact) mass is 393 g/mol. The molecule has 0 aliphatic heterocycles. The van der Waals surface area contributed by atoms with Crippen molar-refractivity contribution in [2.45, 2.75) is 37.2 Å². The summed E-state index contributed by atoms with van der Waals surface area (Å²) in [7, 11) is 0. The van der Waals surface area contributed by atoms with Gasteiger partial charge in [-0.3, -0.25) is 5.43 Å². The van der Waals surface area contributed by atoms with E-state index in [1.807, 2.05) is 45.0 Å². The molecule has 8 heteroatoms. The van der Waals surface area contributed by atoms with Gasteiger partial charge in [-0.05, 0) is 56.8 Å². The fourth-order valence-electron chi connectivity index (χ4n) is 1.75. The van der Waals surface area contributed by atoms with Crippen LogP contribution in [0.2, 0.25) is 5.02 Å². The number of rotatable bonds is 5. The first-order valence-corrected chi connectivity index (χ1v) is 9.40. The van der Waals surface area contributed by atoms with Crippen LogP contribution in [0.5, 0.6) is 0 Å². The third-order valence-electron chi connectivity index (χ3n) is 2.79. The van der Waals surface area contributed by atoms with Crippen LogP contribution in [0.15, 0.2) is 46.8 Å². The molecular formula is C17H20ClN5S2. The maximum atomic E-state index is 5.89. The van der Waals surface area contributed by atoms with Crippen LogP contribution in [0.1, 0.15) is 32.0 Å². The molecule has 2 rings (SSSR count). The molecule has 0 unspecified atom stereocenters. The first kappa shape index (κ1) is 19.6. The first-order valence-electron chi connectivity index (χ1n) is 7.63. The molecule has 5 nitrogen and oxygen atoms in total. The largest absolute Gasteiger partial charge is 0.357 e. The maximum absolute atomic E-state index is 5.89. The van der Waals surface area contributed by atoms with Crippen LogP contribution >= 0.6 is 35.6 Å². The van der Waals surface area contributed by atoms with E-state index in [1.54, 1.807) is 30.2 Å². The van der Waals surface area contributed by atoms with Crippen molar-refractivity contribution in [2.24, 2.45) is 5.10 Å². The lowest BCUT2D eigenvalue weighted by Gasteiger charge is -2.21. The van der Waals surface area contributed by atoms with Gasteiger partial charge in [0.1, 0.15) is 0 Å². The second kappa shape index (κ2) is 9.12. The van der Waals surface area contributed by atoms with E-state index in [1.165, 1.54) is 0 Å². The molecule has 2 N–H and O–H groups in total. The van der Waals surface area contributed by atoms with E-state index in [0.717, 1.165) is 16.3 Å². The Labute approximate surface area is 162 Å². The fraction of sp³-hybridized carbons (Fsp3) is 0.294. The summed E-state index contributed by atoms with van der Waals surface area (Å²) < 4.78 is 0. The number of thiocarbonyl (C=S) groups is 1. The van der Waals surface area contributed by atoms with E-state index in [9.17, 15) is 0 Å². The topological polar surface area (TPSA) is 62.2 Å². The normalized spacial score (nSPS) is 11.5. The van der Waals surface area contributed by atoms with E-state index >= 15 is 0 Å². The lowest BCUT2D eigenvalue weighted by molar-refractivity contribution is 0.508. The molecule has 0 aliphatic carbocycles. The lowest BCUT2D eigenvalue weighted by Crippen LogP contribution is -2.44. The van der Waals surface area contributed by atoms with Gasteiger partial charge in [-0.15, -0.1) is 0 Å². The van der Waals surface area contributed by atoms with Crippen LogP contribution in [0, 0.1) is 0 Å². The van der Waals surface area contributed by atoms with Gasteiger partial charge in [0.2, 0.25) is 0 Å². The zero-order valence-electron chi connectivity index (χ0n) is 14.3. The Morgan fingerprint density at radius 2 is 2.00 bits per heavy atom. The summed E-state index contributed by atoms with van der Waals surface area (Å²) in [5.41, 5.74) is 4.54. The summed E-state index contributed by atoms with van der Waals surface area (Å²) in [6.45, 7) is 6.08. The van der Waals surface area contributed by atoms with Gasteiger partial charge in [-0.1, -0.05) is 35.5 Å². The third kappa shape index (κ3) is 7.81. The van der Waals surface area contributed by atoms with Crippen molar-refractivity contribution in [3.8, 4) is 0 Å². The molecule has 0 radical (unpaired) electrons. The maximum Gasteiger partial charge on any atom is 0.188 e. The predicted molar refractivity (Wildman–Crippen MR) is 109 cm³/mol. The van der Waals surface area contributed by atoms with E-state index < -0.39 is 0 Å². The number of nitrogens with zero attached hydrogens (tertiary/aromatic N) is 3. The van der Waals surface area contributed by atoms with Gasteiger partial charge in [0, 0.05) is 22.5 Å². The summed E-state index contributed by atoms with van der Waals surface area (Å²) in [5, 5.41) is 9.11. The van der Waals surface area contributed by atoms with E-state index in [-0.39, 0.29) is 5.54 Å². The quantitative estimate of drug-likeness (QED) is 0.263. The molecule has 2 aromatic rings. The van der Waals surface area contributed by atoms with Crippen LogP contribution in [-0.2, 0) is 5.75 Å². The molecule has 1 heterocycles. The summed E-state index contributed by atoms with van der Waals surface area (Å²) in [4.78, 5) is 8.72. The summed E-state index contributed by atoms with van der Waals surface area (Å²) in [6.07, 6.45) is 3.33. The molecule has 0 saturated heterocycles. The van der Waals surface area contributed by atoms with Crippen molar-refractivity contribution in [2.75, 3.05) is 0 Å². The van der Waals surface area contributed by atoms with Crippen molar-refractivity contribution < 1.29 is 0 Å². The van der Waals surface area contributed by atoms with E-state index in [2.05, 4.69) is 25.8 Å². The Balaban J connectivity index is 1.88. The number of benzene rings is 1. The minimum absolute atomic E-state index is 0.111. The Bertz CT molecular complexity index is 741. The molecule has 0 amide bonds. The molecule has 0 aliphatic rings. The first-order chi connectivity index (χ1) is 11.8. The molecule has 1 aromatic heterocycles. The summed E-state index contributed by atoms with van der Waals surface area (Å²) in [6, 6.07) is 9.53. The zero-order chi connectivity index (χ0) is 18.3. The van der Waals surface area contributed by atoms with Crippen molar-refractivity contribution in [1.82, 2.24) is 20.7 Å². The SMILES string of the molecule is CC(C)(C)NC(=S)N/N=C\c1ccnc(SCc2ccc(Cl)cc2)n1. The number of hydrazone groups is 1. The van der Waals surface area contributed by atoms with Gasteiger partial charge in [-0.25, -0.2) is 9.97 Å². The van der Waals surface area contributed by atoms with Crippen LogP contribution in [0.25, 0.3) is 0 Å². The van der Waals surface area contributed by atoms with E-state index in [0.29, 0.717) is 16.0 Å². The van der Waals surface area contributed by atoms with Crippen LogP contribution in [0.4, 0.5) is 0 Å². The molecule has 132 valence electrons. The smallest absolute Gasteiger partial charge is 0.188 e. The van der Waals surface area contributed by atoms with Crippen molar-refractivity contribution in [1.29, 1.82) is 0 Å². The molecule has 0 saturated carbocycles. The minimum atomic E-state index is -0.111. The number of aromatic nitrogens is 2. The van der Waals surface area contributed by atoms with Crippen LogP contribution < -0.4 is 10.7 Å². The Morgan fingerprint density at radius 3 is 2.68 bits per heavy atom. The average Bonchev–Trinajstić information content (AvgIpc) is 2.53. The van der Waals surface area contributed by atoms with Crippen molar-refractivity contribution >= 4 is 46.9 Å². The van der Waals surface area contributed by atoms with Crippen molar-refractivity contribution in [3.63, 3.8) is 0 Å². The molecule has 0 fully saturated rings. The fourth-order valence-corrected chi connectivity index (χ4v) is 3.03. The highest BCUT2D eigenvalue weighted by Gasteiger charge is 2.10. The van der Waals surface area contributed by atoms with Crippen molar-refractivity contribution in [3.05, 3.63) is 52.8 Å². The van der Waals surface area contributed by atoms with Gasteiger partial charge >= 0.3 is 0 Å². The second-order valence-electron chi connectivity index (χ2n) is 6.25. The highest BCUT2D eigenvalue weighted by atomic mass is 35.5. The molecular weight excluding hydrogens is 374 g/mol. The molecule has 25 heavy (non-hydrogen) atoms. The number of hydrogen-bond acceptors (Lipinski definition) is 5. The Morgan fingerprint density at radius 1 is 1.28 bits per heavy atom. The van der Waals surface area contributed by atoms with Gasteiger partial charge in [0.25, 0.3) is 0 Å². The van der Waals surface area contributed by atoms with Gasteiger partial charge in [-0.2, -0.15) is 5.10 Å². The summed E-state index contributed by atoms with van der Waals surface area (Å²) in [5.74, 6) is 0.773. The van der Waals surface area contributed by atoms with Crippen LogP contribution in [-0.4, -0.2) is 26.8 Å². The lowest BCUT2D eigenvalue weighted by atomic mass is 10.1. The number of nitrogens with one attached hydrogen (secondary N) is 2. The van der Waals surface area contributed by atoms with Crippen LogP contribution in [0.3, 0.4) is 0 Å². The highest BCUT2D eigenvalue weighted by molar-refractivity contribution is 7.98. The molecule has 1 aromatic carbocycles. The standard InChI is InChI=1S/C17H20ClN5S2/c1-17(2,3)22-15(24)23-20-10-14-8-9-19-16(21-14)25-11-12-4-6-13(18)7-5-12/h4-10H,11H2,1-3H3,(H2,22,23,24)/b20-10-. The number of halogens is 1. The molecule has 0 bridgehead atoms. The third-order valence-corrected chi connectivity index (χ3v) is 4.17. The summed E-state index contributed by atoms with van der Waals surface area (Å²) >= 11 is 12.6. The highest BCUT2D eigenvalue weighted by Crippen LogP contribution is 2.20. The molecule has 0 spiro atoms. The van der Waals surface area contributed by atoms with E-state index in [4.69, 9.17) is 23.8 Å².